The summed E-state index contributed by atoms with van der Waals surface area (Å²) in [5.74, 6) is 1.99. The Morgan fingerprint density at radius 3 is 2.44 bits per heavy atom. The second kappa shape index (κ2) is 8.97. The number of benzene rings is 2. The lowest BCUT2D eigenvalue weighted by molar-refractivity contribution is 0.0926. The molecule has 25 heavy (non-hydrogen) atoms. The molecule has 2 aromatic rings. The molecule has 2 aromatic carbocycles. The predicted molar refractivity (Wildman–Crippen MR) is 97.8 cm³/mol. The highest BCUT2D eigenvalue weighted by Gasteiger charge is 2.13. The van der Waals surface area contributed by atoms with Crippen molar-refractivity contribution in [3.05, 3.63) is 53.6 Å². The van der Waals surface area contributed by atoms with Crippen LogP contribution in [-0.2, 0) is 0 Å². The van der Waals surface area contributed by atoms with Gasteiger partial charge in [-0.25, -0.2) is 0 Å². The van der Waals surface area contributed by atoms with Crippen molar-refractivity contribution in [2.75, 3.05) is 20.3 Å². The van der Waals surface area contributed by atoms with Gasteiger partial charge < -0.3 is 19.5 Å². The summed E-state index contributed by atoms with van der Waals surface area (Å²) in [6, 6.07) is 12.7. The minimum atomic E-state index is -0.149. The molecule has 0 fully saturated rings. The Morgan fingerprint density at radius 2 is 1.80 bits per heavy atom. The van der Waals surface area contributed by atoms with Gasteiger partial charge >= 0.3 is 0 Å². The van der Waals surface area contributed by atoms with Crippen molar-refractivity contribution < 1.29 is 19.0 Å². The van der Waals surface area contributed by atoms with E-state index in [2.05, 4.69) is 5.32 Å². The smallest absolute Gasteiger partial charge is 0.251 e. The molecule has 0 radical (unpaired) electrons. The predicted octanol–water partition coefficient (Wildman–Crippen LogP) is 3.60. The van der Waals surface area contributed by atoms with Gasteiger partial charge in [0.05, 0.1) is 19.8 Å². The topological polar surface area (TPSA) is 56.8 Å². The van der Waals surface area contributed by atoms with Crippen LogP contribution in [0.3, 0.4) is 0 Å². The molecule has 0 heterocycles. The molecule has 0 aliphatic heterocycles. The zero-order chi connectivity index (χ0) is 18.2. The largest absolute Gasteiger partial charge is 0.494 e. The molecule has 0 saturated heterocycles. The summed E-state index contributed by atoms with van der Waals surface area (Å²) in [5, 5.41) is 2.94. The van der Waals surface area contributed by atoms with Gasteiger partial charge in [0.25, 0.3) is 5.91 Å². The molecule has 0 aliphatic rings. The van der Waals surface area contributed by atoms with Crippen molar-refractivity contribution in [3.63, 3.8) is 0 Å². The van der Waals surface area contributed by atoms with Crippen molar-refractivity contribution in [1.29, 1.82) is 0 Å². The standard InChI is InChI=1S/C20H25NO4/c1-5-24-17-11-10-16(12-14(17)2)20(22)21-15(3)13-25-19-9-7-6-8-18(19)23-4/h6-12,15H,5,13H2,1-4H3,(H,21,22). The molecular weight excluding hydrogens is 318 g/mol. The van der Waals surface area contributed by atoms with Gasteiger partial charge in [-0.2, -0.15) is 0 Å². The first-order valence-electron chi connectivity index (χ1n) is 8.35. The molecular formula is C20H25NO4. The Labute approximate surface area is 148 Å². The fourth-order valence-electron chi connectivity index (χ4n) is 2.41. The van der Waals surface area contributed by atoms with E-state index in [4.69, 9.17) is 14.2 Å². The molecule has 1 N–H and O–H groups in total. The van der Waals surface area contributed by atoms with E-state index in [1.807, 2.05) is 57.2 Å². The lowest BCUT2D eigenvalue weighted by Crippen LogP contribution is -2.36. The normalized spacial score (nSPS) is 11.5. The lowest BCUT2D eigenvalue weighted by atomic mass is 10.1. The highest BCUT2D eigenvalue weighted by molar-refractivity contribution is 5.94. The van der Waals surface area contributed by atoms with Gasteiger partial charge in [0, 0.05) is 5.56 Å². The fraction of sp³-hybridized carbons (Fsp3) is 0.350. The molecule has 1 atom stereocenters. The van der Waals surface area contributed by atoms with Crippen LogP contribution in [0.5, 0.6) is 17.2 Å². The molecule has 0 saturated carbocycles. The first kappa shape index (κ1) is 18.6. The molecule has 134 valence electrons. The maximum atomic E-state index is 12.4. The highest BCUT2D eigenvalue weighted by atomic mass is 16.5. The number of ether oxygens (including phenoxy) is 3. The van der Waals surface area contributed by atoms with Crippen LogP contribution in [0.25, 0.3) is 0 Å². The molecule has 0 aromatic heterocycles. The van der Waals surface area contributed by atoms with Gasteiger partial charge in [-0.1, -0.05) is 12.1 Å². The van der Waals surface area contributed by atoms with Crippen LogP contribution in [0, 0.1) is 6.92 Å². The zero-order valence-corrected chi connectivity index (χ0v) is 15.2. The van der Waals surface area contributed by atoms with Crippen LogP contribution < -0.4 is 19.5 Å². The molecule has 2 rings (SSSR count). The number of amides is 1. The van der Waals surface area contributed by atoms with E-state index in [-0.39, 0.29) is 11.9 Å². The first-order valence-corrected chi connectivity index (χ1v) is 8.35. The van der Waals surface area contributed by atoms with E-state index in [0.29, 0.717) is 30.3 Å². The van der Waals surface area contributed by atoms with Crippen LogP contribution in [0.1, 0.15) is 29.8 Å². The number of hydrogen-bond acceptors (Lipinski definition) is 4. The Balaban J connectivity index is 1.92. The Morgan fingerprint density at radius 1 is 1.08 bits per heavy atom. The fourth-order valence-corrected chi connectivity index (χ4v) is 2.41. The number of para-hydroxylation sites is 2. The molecule has 1 unspecified atom stereocenters. The number of rotatable bonds is 8. The minimum Gasteiger partial charge on any atom is -0.494 e. The van der Waals surface area contributed by atoms with E-state index in [0.717, 1.165) is 11.3 Å². The second-order valence-corrected chi connectivity index (χ2v) is 5.75. The van der Waals surface area contributed by atoms with Gasteiger partial charge in [0.15, 0.2) is 11.5 Å². The maximum Gasteiger partial charge on any atom is 0.251 e. The van der Waals surface area contributed by atoms with Crippen LogP contribution in [0.4, 0.5) is 0 Å². The Bertz CT molecular complexity index is 715. The second-order valence-electron chi connectivity index (χ2n) is 5.75. The summed E-state index contributed by atoms with van der Waals surface area (Å²) in [6.45, 7) is 6.71. The first-order chi connectivity index (χ1) is 12.0. The average molecular weight is 343 g/mol. The molecule has 1 amide bonds. The summed E-state index contributed by atoms with van der Waals surface area (Å²) >= 11 is 0. The third-order valence-electron chi connectivity index (χ3n) is 3.67. The van der Waals surface area contributed by atoms with Crippen molar-refractivity contribution >= 4 is 5.91 Å². The Kier molecular flexibility index (Phi) is 6.69. The van der Waals surface area contributed by atoms with Crippen molar-refractivity contribution in [3.8, 4) is 17.2 Å². The number of aryl methyl sites for hydroxylation is 1. The number of nitrogens with one attached hydrogen (secondary N) is 1. The minimum absolute atomic E-state index is 0.137. The summed E-state index contributed by atoms with van der Waals surface area (Å²) < 4.78 is 16.5. The van der Waals surface area contributed by atoms with Crippen LogP contribution in [-0.4, -0.2) is 32.3 Å². The van der Waals surface area contributed by atoms with E-state index >= 15 is 0 Å². The summed E-state index contributed by atoms with van der Waals surface area (Å²) in [5.41, 5.74) is 1.54. The van der Waals surface area contributed by atoms with E-state index < -0.39 is 0 Å². The van der Waals surface area contributed by atoms with Gasteiger partial charge in [-0.15, -0.1) is 0 Å². The third-order valence-corrected chi connectivity index (χ3v) is 3.67. The number of carbonyl (C=O) groups is 1. The van der Waals surface area contributed by atoms with Crippen LogP contribution in [0.15, 0.2) is 42.5 Å². The molecule has 5 nitrogen and oxygen atoms in total. The van der Waals surface area contributed by atoms with Gasteiger partial charge in [0.2, 0.25) is 0 Å². The Hall–Kier alpha value is -2.69. The lowest BCUT2D eigenvalue weighted by Gasteiger charge is -2.17. The monoisotopic (exact) mass is 343 g/mol. The van der Waals surface area contributed by atoms with Crippen molar-refractivity contribution in [1.82, 2.24) is 5.32 Å². The zero-order valence-electron chi connectivity index (χ0n) is 15.2. The van der Waals surface area contributed by atoms with Gasteiger partial charge in [-0.05, 0) is 56.7 Å². The van der Waals surface area contributed by atoms with E-state index in [9.17, 15) is 4.79 Å². The molecule has 0 aliphatic carbocycles. The number of hydrogen-bond donors (Lipinski definition) is 1. The van der Waals surface area contributed by atoms with Crippen LogP contribution in [0.2, 0.25) is 0 Å². The van der Waals surface area contributed by atoms with Crippen molar-refractivity contribution in [2.24, 2.45) is 0 Å². The SMILES string of the molecule is CCOc1ccc(C(=O)NC(C)COc2ccccc2OC)cc1C. The maximum absolute atomic E-state index is 12.4. The summed E-state index contributed by atoms with van der Waals surface area (Å²) in [7, 11) is 1.60. The van der Waals surface area contributed by atoms with E-state index in [1.54, 1.807) is 13.2 Å². The molecule has 5 heteroatoms. The number of carbonyl (C=O) groups excluding carboxylic acids is 1. The van der Waals surface area contributed by atoms with E-state index in [1.165, 1.54) is 0 Å². The summed E-state index contributed by atoms with van der Waals surface area (Å²) in [6.07, 6.45) is 0. The average Bonchev–Trinajstić information content (AvgIpc) is 2.62. The third kappa shape index (κ3) is 5.14. The van der Waals surface area contributed by atoms with Gasteiger partial charge in [0.1, 0.15) is 12.4 Å². The van der Waals surface area contributed by atoms with Crippen LogP contribution >= 0.6 is 0 Å². The number of methoxy groups -OCH3 is 1. The summed E-state index contributed by atoms with van der Waals surface area (Å²) in [4.78, 5) is 12.4. The molecule has 0 bridgehead atoms. The van der Waals surface area contributed by atoms with Gasteiger partial charge in [-0.3, -0.25) is 4.79 Å². The highest BCUT2D eigenvalue weighted by Crippen LogP contribution is 2.25. The quantitative estimate of drug-likeness (QED) is 0.796. The van der Waals surface area contributed by atoms with Crippen molar-refractivity contribution in [2.45, 2.75) is 26.8 Å². The molecule has 0 spiro atoms.